The summed E-state index contributed by atoms with van der Waals surface area (Å²) in [6, 6.07) is 4.67. The highest BCUT2D eigenvalue weighted by molar-refractivity contribution is 5.48. The molecule has 0 radical (unpaired) electrons. The normalized spacial score (nSPS) is 10.0. The predicted octanol–water partition coefficient (Wildman–Crippen LogP) is 6.65. The lowest BCUT2D eigenvalue weighted by atomic mass is 9.90. The average Bonchev–Trinajstić information content (AvgIpc) is 2.73. The van der Waals surface area contributed by atoms with Crippen molar-refractivity contribution in [2.45, 2.75) is 76.2 Å². The molecular weight excluding hydrogens is 384 g/mol. The van der Waals surface area contributed by atoms with Crippen LogP contribution >= 0.6 is 0 Å². The summed E-state index contributed by atoms with van der Waals surface area (Å²) in [6.07, 6.45) is 0. The Morgan fingerprint density at radius 1 is 0.419 bits per heavy atom. The number of aryl methyl sites for hydroxylation is 4. The van der Waals surface area contributed by atoms with Crippen molar-refractivity contribution in [1.82, 2.24) is 9.97 Å². The number of phenols is 2. The van der Waals surface area contributed by atoms with Gasteiger partial charge < -0.3 is 10.2 Å². The first-order valence-corrected chi connectivity index (χ1v) is 10.6. The minimum atomic E-state index is 0.134. The fourth-order valence-electron chi connectivity index (χ4n) is 3.13. The number of benzene rings is 2. The van der Waals surface area contributed by atoms with Crippen LogP contribution in [0.5, 0.6) is 11.5 Å². The molecule has 0 unspecified atom stereocenters. The highest BCUT2D eigenvalue weighted by Gasteiger charge is 2.07. The maximum absolute atomic E-state index is 8.94. The summed E-state index contributed by atoms with van der Waals surface area (Å²) >= 11 is 0. The maximum Gasteiger partial charge on any atom is 0.122 e. The Morgan fingerprint density at radius 3 is 0.839 bits per heavy atom. The Balaban J connectivity index is 0.000000235. The smallest absolute Gasteiger partial charge is 0.122 e. The van der Waals surface area contributed by atoms with Gasteiger partial charge in [-0.1, -0.05) is 6.07 Å². The third-order valence-corrected chi connectivity index (χ3v) is 6.37. The molecule has 0 amide bonds. The fraction of sp³-hybridized carbons (Fsp3) is 0.407. The van der Waals surface area contributed by atoms with Gasteiger partial charge in [0.15, 0.2) is 0 Å². The van der Waals surface area contributed by atoms with E-state index in [9.17, 15) is 0 Å². The van der Waals surface area contributed by atoms with Crippen LogP contribution in [-0.2, 0) is 0 Å². The molecule has 168 valence electrons. The Kier molecular flexibility index (Phi) is 9.23. The number of rotatable bonds is 0. The first-order valence-electron chi connectivity index (χ1n) is 10.6. The molecule has 0 aliphatic carbocycles. The summed E-state index contributed by atoms with van der Waals surface area (Å²) < 4.78 is 0. The first-order chi connectivity index (χ1) is 14.3. The molecule has 2 aromatic carbocycles. The Morgan fingerprint density at radius 2 is 0.645 bits per heavy atom. The van der Waals surface area contributed by atoms with Crippen molar-refractivity contribution in [1.29, 1.82) is 0 Å². The van der Waals surface area contributed by atoms with E-state index in [2.05, 4.69) is 51.5 Å². The van der Waals surface area contributed by atoms with Gasteiger partial charge in [0.25, 0.3) is 0 Å². The summed E-state index contributed by atoms with van der Waals surface area (Å²) in [5.41, 5.74) is 13.4. The van der Waals surface area contributed by atoms with E-state index in [1.165, 1.54) is 45.5 Å². The van der Waals surface area contributed by atoms with Crippen LogP contribution in [0.4, 0.5) is 0 Å². The topological polar surface area (TPSA) is 66.2 Å². The number of phenolic OH excluding ortho intramolecular Hbond substituents is 2. The molecule has 0 bridgehead atoms. The SMILES string of the molecule is Cc1c(C)c(C)c(C)c(C)c1C.Cc1c(O)cccc1O.Cc1nc(C)c(C)nc1C. The first kappa shape index (κ1) is 26.2. The highest BCUT2D eigenvalue weighted by atomic mass is 16.3. The second-order valence-corrected chi connectivity index (χ2v) is 8.24. The number of aromatic hydroxyl groups is 2. The molecule has 0 spiro atoms. The molecular formula is C27H38N2O2. The third-order valence-electron chi connectivity index (χ3n) is 6.37. The molecule has 0 fully saturated rings. The van der Waals surface area contributed by atoms with Gasteiger partial charge in [0.1, 0.15) is 11.5 Å². The van der Waals surface area contributed by atoms with Gasteiger partial charge in [-0.25, -0.2) is 0 Å². The molecule has 0 aliphatic heterocycles. The fourth-order valence-corrected chi connectivity index (χ4v) is 3.13. The zero-order valence-corrected chi connectivity index (χ0v) is 21.0. The number of hydrogen-bond acceptors (Lipinski definition) is 4. The van der Waals surface area contributed by atoms with E-state index < -0.39 is 0 Å². The molecule has 0 aliphatic rings. The molecule has 0 saturated carbocycles. The van der Waals surface area contributed by atoms with Crippen molar-refractivity contribution in [3.05, 3.63) is 79.9 Å². The van der Waals surface area contributed by atoms with Crippen LogP contribution < -0.4 is 0 Å². The van der Waals surface area contributed by atoms with Crippen LogP contribution in [0.2, 0.25) is 0 Å². The van der Waals surface area contributed by atoms with Crippen molar-refractivity contribution < 1.29 is 10.2 Å². The number of aromatic nitrogens is 2. The van der Waals surface area contributed by atoms with Crippen molar-refractivity contribution in [3.63, 3.8) is 0 Å². The van der Waals surface area contributed by atoms with E-state index in [4.69, 9.17) is 10.2 Å². The van der Waals surface area contributed by atoms with E-state index in [-0.39, 0.29) is 11.5 Å². The summed E-state index contributed by atoms with van der Waals surface area (Å²) in [5, 5.41) is 17.9. The van der Waals surface area contributed by atoms with Crippen molar-refractivity contribution in [3.8, 4) is 11.5 Å². The number of nitrogens with zero attached hydrogens (tertiary/aromatic N) is 2. The lowest BCUT2D eigenvalue weighted by Gasteiger charge is -2.15. The quantitative estimate of drug-likeness (QED) is 0.425. The lowest BCUT2D eigenvalue weighted by Crippen LogP contribution is -1.98. The molecule has 1 heterocycles. The van der Waals surface area contributed by atoms with Crippen LogP contribution in [0, 0.1) is 76.2 Å². The molecule has 4 heteroatoms. The zero-order chi connectivity index (χ0) is 24.0. The van der Waals surface area contributed by atoms with E-state index in [0.717, 1.165) is 22.8 Å². The standard InChI is InChI=1S/C12H18.C8H12N2.C7H8O2/c1-7-8(2)10(4)12(6)11(5)9(7)3;1-5-6(2)10-8(4)7(3)9-5;1-5-6(8)3-2-4-7(5)9/h1-6H3;1-4H3;2-4,8-9H,1H3. The summed E-state index contributed by atoms with van der Waals surface area (Å²) in [7, 11) is 0. The van der Waals surface area contributed by atoms with Crippen molar-refractivity contribution in [2.24, 2.45) is 0 Å². The van der Waals surface area contributed by atoms with E-state index in [1.807, 2.05) is 27.7 Å². The van der Waals surface area contributed by atoms with Crippen molar-refractivity contribution >= 4 is 0 Å². The second-order valence-electron chi connectivity index (χ2n) is 8.24. The number of hydrogen-bond donors (Lipinski definition) is 2. The van der Waals surface area contributed by atoms with Gasteiger partial charge >= 0.3 is 0 Å². The molecule has 3 rings (SSSR count). The van der Waals surface area contributed by atoms with Crippen LogP contribution in [0.25, 0.3) is 0 Å². The Hall–Kier alpha value is -2.88. The molecule has 3 aromatic rings. The van der Waals surface area contributed by atoms with Gasteiger partial charge in [-0.2, -0.15) is 0 Å². The van der Waals surface area contributed by atoms with Crippen LogP contribution in [-0.4, -0.2) is 20.2 Å². The predicted molar refractivity (Wildman–Crippen MR) is 130 cm³/mol. The van der Waals surface area contributed by atoms with Gasteiger partial charge in [0.2, 0.25) is 0 Å². The van der Waals surface area contributed by atoms with Crippen molar-refractivity contribution in [2.75, 3.05) is 0 Å². The third kappa shape index (κ3) is 6.55. The maximum atomic E-state index is 8.94. The zero-order valence-electron chi connectivity index (χ0n) is 21.0. The van der Waals surface area contributed by atoms with Gasteiger partial charge in [0.05, 0.1) is 22.8 Å². The minimum Gasteiger partial charge on any atom is -0.508 e. The van der Waals surface area contributed by atoms with Gasteiger partial charge in [-0.05, 0) is 122 Å². The largest absolute Gasteiger partial charge is 0.508 e. The Labute approximate surface area is 188 Å². The lowest BCUT2D eigenvalue weighted by molar-refractivity contribution is 0.443. The Bertz CT molecular complexity index is 894. The average molecular weight is 423 g/mol. The monoisotopic (exact) mass is 422 g/mol. The minimum absolute atomic E-state index is 0.134. The van der Waals surface area contributed by atoms with Crippen LogP contribution in [0.1, 0.15) is 61.7 Å². The highest BCUT2D eigenvalue weighted by Crippen LogP contribution is 2.25. The summed E-state index contributed by atoms with van der Waals surface area (Å²) in [6.45, 7) is 22.9. The molecule has 1 aromatic heterocycles. The van der Waals surface area contributed by atoms with Crippen LogP contribution in [0.3, 0.4) is 0 Å². The summed E-state index contributed by atoms with van der Waals surface area (Å²) in [5.74, 6) is 0.269. The summed E-state index contributed by atoms with van der Waals surface area (Å²) in [4.78, 5) is 8.62. The van der Waals surface area contributed by atoms with Gasteiger partial charge in [-0.15, -0.1) is 0 Å². The molecule has 4 nitrogen and oxygen atoms in total. The van der Waals surface area contributed by atoms with Gasteiger partial charge in [0, 0.05) is 5.56 Å². The van der Waals surface area contributed by atoms with Crippen LogP contribution in [0.15, 0.2) is 18.2 Å². The van der Waals surface area contributed by atoms with E-state index in [0.29, 0.717) is 5.56 Å². The van der Waals surface area contributed by atoms with E-state index >= 15 is 0 Å². The van der Waals surface area contributed by atoms with E-state index in [1.54, 1.807) is 13.0 Å². The molecule has 31 heavy (non-hydrogen) atoms. The molecule has 0 saturated heterocycles. The van der Waals surface area contributed by atoms with Gasteiger partial charge in [-0.3, -0.25) is 9.97 Å². The second kappa shape index (κ2) is 10.9. The molecule has 2 N–H and O–H groups in total. The molecule has 0 atom stereocenters.